The first kappa shape index (κ1) is 18.4. The molecule has 0 spiro atoms. The van der Waals surface area contributed by atoms with Crippen LogP contribution in [-0.4, -0.2) is 11.6 Å². The fraction of sp³-hybridized carbons (Fsp3) is 0.385. The van der Waals surface area contributed by atoms with E-state index in [2.05, 4.69) is 22.7 Å². The molecule has 2 aromatic carbocycles. The van der Waals surface area contributed by atoms with E-state index in [1.807, 2.05) is 60.7 Å². The maximum absolute atomic E-state index is 13.3. The molecule has 148 valence electrons. The van der Waals surface area contributed by atoms with E-state index in [-0.39, 0.29) is 11.3 Å². The number of allylic oxidation sites excluding steroid dienone is 1. The van der Waals surface area contributed by atoms with E-state index in [0.29, 0.717) is 0 Å². The predicted octanol–water partition coefficient (Wildman–Crippen LogP) is 5.44. The Morgan fingerprint density at radius 2 is 1.41 bits per heavy atom. The third kappa shape index (κ3) is 3.78. The summed E-state index contributed by atoms with van der Waals surface area (Å²) in [4.78, 5) is 13.3. The zero-order valence-corrected chi connectivity index (χ0v) is 16.8. The van der Waals surface area contributed by atoms with Crippen LogP contribution in [0.3, 0.4) is 0 Å². The van der Waals surface area contributed by atoms with E-state index in [0.717, 1.165) is 53.9 Å². The summed E-state index contributed by atoms with van der Waals surface area (Å²) >= 11 is 0. The molecule has 0 heterocycles. The molecule has 0 radical (unpaired) electrons. The molecule has 4 bridgehead atoms. The zero-order chi connectivity index (χ0) is 19.7. The molecule has 0 aromatic heterocycles. The second kappa shape index (κ2) is 7.62. The lowest BCUT2D eigenvalue weighted by molar-refractivity contribution is -0.146. The fourth-order valence-electron chi connectivity index (χ4n) is 6.16. The normalized spacial score (nSPS) is 30.6. The first-order valence-corrected chi connectivity index (χ1v) is 10.9. The molecule has 0 atom stereocenters. The van der Waals surface area contributed by atoms with Crippen LogP contribution in [0.15, 0.2) is 71.8 Å². The summed E-state index contributed by atoms with van der Waals surface area (Å²) in [5, 5.41) is 4.60. The number of carbonyl (C=O) groups excluding carboxylic acids is 1. The number of hydrogen-bond acceptors (Lipinski definition) is 2. The quantitative estimate of drug-likeness (QED) is 0.541. The van der Waals surface area contributed by atoms with E-state index in [1.54, 1.807) is 0 Å². The second-order valence-corrected chi connectivity index (χ2v) is 9.25. The van der Waals surface area contributed by atoms with Gasteiger partial charge in [0.15, 0.2) is 0 Å². The lowest BCUT2D eigenvalue weighted by Gasteiger charge is -2.55. The summed E-state index contributed by atoms with van der Waals surface area (Å²) < 4.78 is 0. The van der Waals surface area contributed by atoms with Gasteiger partial charge in [-0.25, -0.2) is 5.43 Å². The largest absolute Gasteiger partial charge is 0.273 e. The lowest BCUT2D eigenvalue weighted by atomic mass is 9.49. The van der Waals surface area contributed by atoms with Crippen LogP contribution >= 0.6 is 0 Å². The van der Waals surface area contributed by atoms with Crippen LogP contribution < -0.4 is 5.43 Å². The van der Waals surface area contributed by atoms with Crippen molar-refractivity contribution >= 4 is 17.7 Å². The Labute approximate surface area is 172 Å². The van der Waals surface area contributed by atoms with Gasteiger partial charge in [-0.2, -0.15) is 5.10 Å². The zero-order valence-electron chi connectivity index (χ0n) is 16.8. The molecule has 29 heavy (non-hydrogen) atoms. The third-order valence-electron chi connectivity index (χ3n) is 7.10. The minimum absolute atomic E-state index is 0.137. The highest BCUT2D eigenvalue weighted by Gasteiger charge is 2.54. The van der Waals surface area contributed by atoms with Crippen LogP contribution in [0.25, 0.3) is 6.08 Å². The Hall–Kier alpha value is -2.68. The van der Waals surface area contributed by atoms with Crippen molar-refractivity contribution < 1.29 is 4.79 Å². The lowest BCUT2D eigenvalue weighted by Crippen LogP contribution is -2.52. The van der Waals surface area contributed by atoms with E-state index in [4.69, 9.17) is 0 Å². The van der Waals surface area contributed by atoms with Crippen molar-refractivity contribution in [1.82, 2.24) is 5.43 Å². The van der Waals surface area contributed by atoms with Crippen LogP contribution in [0, 0.1) is 23.2 Å². The van der Waals surface area contributed by atoms with Crippen molar-refractivity contribution in [2.45, 2.75) is 38.5 Å². The summed E-state index contributed by atoms with van der Waals surface area (Å²) in [5.41, 5.74) is 5.70. The van der Waals surface area contributed by atoms with Gasteiger partial charge in [0.1, 0.15) is 0 Å². The molecular formula is C26H28N2O. The molecule has 3 heteroatoms. The third-order valence-corrected chi connectivity index (χ3v) is 7.10. The minimum Gasteiger partial charge on any atom is -0.273 e. The number of benzene rings is 2. The highest BCUT2D eigenvalue weighted by Crippen LogP contribution is 2.60. The average Bonchev–Trinajstić information content (AvgIpc) is 2.74. The highest BCUT2D eigenvalue weighted by molar-refractivity contribution is 6.11. The summed E-state index contributed by atoms with van der Waals surface area (Å²) in [6, 6.07) is 20.2. The number of hydrazone groups is 1. The molecule has 4 aliphatic carbocycles. The van der Waals surface area contributed by atoms with E-state index < -0.39 is 0 Å². The molecule has 6 rings (SSSR count). The number of nitrogens with zero attached hydrogens (tertiary/aromatic N) is 1. The van der Waals surface area contributed by atoms with Crippen molar-refractivity contribution in [2.24, 2.45) is 28.3 Å². The summed E-state index contributed by atoms with van der Waals surface area (Å²) in [7, 11) is 0. The van der Waals surface area contributed by atoms with Crippen molar-refractivity contribution in [2.75, 3.05) is 0 Å². The summed E-state index contributed by atoms with van der Waals surface area (Å²) in [5.74, 6) is 2.39. The number of carbonyl (C=O) groups is 1. The highest BCUT2D eigenvalue weighted by atomic mass is 16.2. The van der Waals surface area contributed by atoms with Gasteiger partial charge >= 0.3 is 0 Å². The van der Waals surface area contributed by atoms with Crippen molar-refractivity contribution in [1.29, 1.82) is 0 Å². The Morgan fingerprint density at radius 3 is 2.00 bits per heavy atom. The van der Waals surface area contributed by atoms with Crippen LogP contribution in [0.4, 0.5) is 0 Å². The standard InChI is InChI=1S/C26H28N2O/c29-25(26-16-20-13-21(17-26)15-22(14-20)18-26)28-27-24(23-9-5-2-6-10-23)12-11-19-7-3-1-4-8-19/h1-12,20-22H,13-18H2,(H,28,29). The minimum atomic E-state index is -0.177. The van der Waals surface area contributed by atoms with Gasteiger partial charge in [-0.15, -0.1) is 0 Å². The van der Waals surface area contributed by atoms with Gasteiger partial charge in [0.05, 0.1) is 11.1 Å². The van der Waals surface area contributed by atoms with Gasteiger partial charge in [0.25, 0.3) is 0 Å². The second-order valence-electron chi connectivity index (χ2n) is 9.25. The molecule has 0 aliphatic heterocycles. The fourth-order valence-corrected chi connectivity index (χ4v) is 6.16. The van der Waals surface area contributed by atoms with Gasteiger partial charge in [-0.05, 0) is 67.9 Å². The van der Waals surface area contributed by atoms with E-state index >= 15 is 0 Å². The monoisotopic (exact) mass is 384 g/mol. The number of amides is 1. The van der Waals surface area contributed by atoms with Gasteiger partial charge in [0.2, 0.25) is 5.91 Å². The van der Waals surface area contributed by atoms with E-state index in [1.165, 1.54) is 19.3 Å². The molecule has 4 fully saturated rings. The smallest absolute Gasteiger partial charge is 0.246 e. The molecule has 1 N–H and O–H groups in total. The van der Waals surface area contributed by atoms with Gasteiger partial charge in [-0.1, -0.05) is 66.7 Å². The van der Waals surface area contributed by atoms with Crippen LogP contribution in [0.5, 0.6) is 0 Å². The van der Waals surface area contributed by atoms with Crippen molar-refractivity contribution in [3.63, 3.8) is 0 Å². The maximum atomic E-state index is 13.3. The van der Waals surface area contributed by atoms with Gasteiger partial charge in [0, 0.05) is 5.56 Å². The molecule has 4 aliphatic rings. The van der Waals surface area contributed by atoms with Crippen molar-refractivity contribution in [3.8, 4) is 0 Å². The molecule has 0 saturated heterocycles. The topological polar surface area (TPSA) is 41.5 Å². The molecular weight excluding hydrogens is 356 g/mol. The maximum Gasteiger partial charge on any atom is 0.246 e. The summed E-state index contributed by atoms with van der Waals surface area (Å²) in [6.07, 6.45) is 11.2. The average molecular weight is 385 g/mol. The van der Waals surface area contributed by atoms with E-state index in [9.17, 15) is 4.79 Å². The van der Waals surface area contributed by atoms with Gasteiger partial charge in [-0.3, -0.25) is 4.79 Å². The molecule has 0 unspecified atom stereocenters. The Morgan fingerprint density at radius 1 is 0.862 bits per heavy atom. The molecule has 3 nitrogen and oxygen atoms in total. The number of nitrogens with one attached hydrogen (secondary N) is 1. The van der Waals surface area contributed by atoms with Crippen LogP contribution in [-0.2, 0) is 4.79 Å². The summed E-state index contributed by atoms with van der Waals surface area (Å²) in [6.45, 7) is 0. The Balaban J connectivity index is 1.38. The van der Waals surface area contributed by atoms with Crippen molar-refractivity contribution in [3.05, 3.63) is 77.9 Å². The van der Waals surface area contributed by atoms with Crippen LogP contribution in [0.1, 0.15) is 49.7 Å². The Kier molecular flexibility index (Phi) is 4.83. The van der Waals surface area contributed by atoms with Crippen LogP contribution in [0.2, 0.25) is 0 Å². The Bertz CT molecular complexity index is 894. The SMILES string of the molecule is O=C(NN=C(C=Cc1ccccc1)c1ccccc1)C12CC3CC(CC(C3)C1)C2. The number of hydrogen-bond donors (Lipinski definition) is 1. The van der Waals surface area contributed by atoms with Gasteiger partial charge < -0.3 is 0 Å². The first-order chi connectivity index (χ1) is 14.2. The molecule has 1 amide bonds. The number of rotatable bonds is 5. The predicted molar refractivity (Wildman–Crippen MR) is 117 cm³/mol. The molecule has 2 aromatic rings. The molecule has 4 saturated carbocycles. The first-order valence-electron chi connectivity index (χ1n) is 10.9.